The Morgan fingerprint density at radius 3 is 2.65 bits per heavy atom. The molecule has 0 radical (unpaired) electrons. The average molecular weight is 340 g/mol. The molecule has 0 spiro atoms. The first-order valence-corrected chi connectivity index (χ1v) is 8.72. The number of carbonyl (C=O) groups is 1. The van der Waals surface area contributed by atoms with E-state index in [0.717, 1.165) is 0 Å². The Kier molecular flexibility index (Phi) is 5.15. The van der Waals surface area contributed by atoms with Crippen molar-refractivity contribution >= 4 is 15.7 Å². The van der Waals surface area contributed by atoms with Crippen LogP contribution in [0, 0.1) is 19.7 Å². The predicted molar refractivity (Wildman–Crippen MR) is 81.7 cm³/mol. The summed E-state index contributed by atoms with van der Waals surface area (Å²) in [6.45, 7) is 3.43. The number of aryl methyl sites for hydroxylation is 2. The van der Waals surface area contributed by atoms with E-state index in [4.69, 9.17) is 4.52 Å². The molecule has 2 rings (SSSR count). The second-order valence-corrected chi connectivity index (χ2v) is 7.39. The molecule has 0 aliphatic carbocycles. The molecule has 0 aliphatic heterocycles. The number of sulfone groups is 1. The van der Waals surface area contributed by atoms with E-state index in [2.05, 4.69) is 10.5 Å². The first kappa shape index (κ1) is 17.1. The molecule has 1 amide bonds. The molecular weight excluding hydrogens is 323 g/mol. The summed E-state index contributed by atoms with van der Waals surface area (Å²) in [6.07, 6.45) is 0. The number of hydrogen-bond acceptors (Lipinski definition) is 5. The molecule has 1 aromatic carbocycles. The van der Waals surface area contributed by atoms with Crippen molar-refractivity contribution in [3.63, 3.8) is 0 Å². The lowest BCUT2D eigenvalue weighted by Gasteiger charge is -2.07. The molecule has 0 bridgehead atoms. The zero-order chi connectivity index (χ0) is 17.0. The normalized spacial score (nSPS) is 11.4. The first-order chi connectivity index (χ1) is 10.7. The van der Waals surface area contributed by atoms with Gasteiger partial charge in [-0.2, -0.15) is 0 Å². The summed E-state index contributed by atoms with van der Waals surface area (Å²) in [5.41, 5.74) is 1.73. The van der Waals surface area contributed by atoms with Crippen molar-refractivity contribution in [1.29, 1.82) is 0 Å². The fourth-order valence-corrected chi connectivity index (χ4v) is 3.19. The summed E-state index contributed by atoms with van der Waals surface area (Å²) in [6, 6.07) is 5.95. The van der Waals surface area contributed by atoms with Crippen LogP contribution >= 0.6 is 0 Å². The first-order valence-electron chi connectivity index (χ1n) is 6.89. The molecule has 1 N–H and O–H groups in total. The van der Waals surface area contributed by atoms with E-state index in [1.807, 2.05) is 0 Å². The monoisotopic (exact) mass is 340 g/mol. The average Bonchev–Trinajstić information content (AvgIpc) is 2.84. The van der Waals surface area contributed by atoms with Crippen LogP contribution in [0.4, 0.5) is 4.39 Å². The van der Waals surface area contributed by atoms with Crippen LogP contribution in [0.25, 0.3) is 0 Å². The van der Waals surface area contributed by atoms with Crippen LogP contribution in [0.3, 0.4) is 0 Å². The molecule has 2 aromatic rings. The number of carbonyl (C=O) groups excluding carboxylic acids is 1. The predicted octanol–water partition coefficient (Wildman–Crippen LogP) is 1.66. The quantitative estimate of drug-likeness (QED) is 0.864. The Morgan fingerprint density at radius 1 is 1.30 bits per heavy atom. The molecule has 0 saturated heterocycles. The lowest BCUT2D eigenvalue weighted by Crippen LogP contribution is -2.30. The highest BCUT2D eigenvalue weighted by molar-refractivity contribution is 7.91. The van der Waals surface area contributed by atoms with Gasteiger partial charge in [0.15, 0.2) is 15.6 Å². The number of rotatable bonds is 6. The molecule has 1 heterocycles. The minimum Gasteiger partial charge on any atom is -0.360 e. The van der Waals surface area contributed by atoms with Gasteiger partial charge in [0, 0.05) is 12.6 Å². The number of nitrogens with zero attached hydrogens (tertiary/aromatic N) is 1. The third-order valence-corrected chi connectivity index (χ3v) is 4.53. The van der Waals surface area contributed by atoms with Gasteiger partial charge in [-0.25, -0.2) is 12.8 Å². The van der Waals surface area contributed by atoms with Gasteiger partial charge in [0.05, 0.1) is 5.69 Å². The second-order valence-electron chi connectivity index (χ2n) is 5.33. The largest absolute Gasteiger partial charge is 0.360 e. The maximum Gasteiger partial charge on any atom is 0.235 e. The van der Waals surface area contributed by atoms with Gasteiger partial charge in [0.2, 0.25) is 5.91 Å². The van der Waals surface area contributed by atoms with Gasteiger partial charge in [-0.05, 0) is 31.0 Å². The fraction of sp³-hybridized carbons (Fsp3) is 0.333. The summed E-state index contributed by atoms with van der Waals surface area (Å²) in [5, 5.41) is 6.11. The third kappa shape index (κ3) is 5.17. The van der Waals surface area contributed by atoms with Crippen molar-refractivity contribution in [1.82, 2.24) is 10.5 Å². The van der Waals surface area contributed by atoms with E-state index >= 15 is 0 Å². The van der Waals surface area contributed by atoms with Gasteiger partial charge in [-0.15, -0.1) is 0 Å². The van der Waals surface area contributed by atoms with Gasteiger partial charge in [-0.3, -0.25) is 4.79 Å². The highest BCUT2D eigenvalue weighted by Gasteiger charge is 2.19. The Morgan fingerprint density at radius 2 is 2.04 bits per heavy atom. The topological polar surface area (TPSA) is 89.3 Å². The summed E-state index contributed by atoms with van der Waals surface area (Å²) < 4.78 is 41.9. The molecule has 8 heteroatoms. The number of nitrogens with one attached hydrogen (secondary N) is 1. The van der Waals surface area contributed by atoms with Crippen LogP contribution in [-0.2, 0) is 26.9 Å². The molecule has 0 fully saturated rings. The van der Waals surface area contributed by atoms with Crippen LogP contribution in [-0.4, -0.2) is 25.2 Å². The molecule has 23 heavy (non-hydrogen) atoms. The zero-order valence-corrected chi connectivity index (χ0v) is 13.6. The van der Waals surface area contributed by atoms with E-state index in [9.17, 15) is 17.6 Å². The molecule has 124 valence electrons. The summed E-state index contributed by atoms with van der Waals surface area (Å²) in [7, 11) is -3.65. The standard InChI is InChI=1S/C15H17FN2O4S/c1-10-5-12(3-4-14(10)16)7-17-15(19)9-23(20,21)8-13-6-11(2)18-22-13/h3-6H,7-9H2,1-2H3,(H,17,19). The molecule has 0 unspecified atom stereocenters. The summed E-state index contributed by atoms with van der Waals surface area (Å²) in [4.78, 5) is 11.8. The SMILES string of the molecule is Cc1cc(CS(=O)(=O)CC(=O)NCc2ccc(F)c(C)c2)on1. The Labute approximate surface area is 133 Å². The van der Waals surface area contributed by atoms with Crippen molar-refractivity contribution in [2.75, 3.05) is 5.75 Å². The van der Waals surface area contributed by atoms with Crippen LogP contribution in [0.5, 0.6) is 0 Å². The van der Waals surface area contributed by atoms with Gasteiger partial charge >= 0.3 is 0 Å². The smallest absolute Gasteiger partial charge is 0.235 e. The van der Waals surface area contributed by atoms with E-state index < -0.39 is 21.5 Å². The van der Waals surface area contributed by atoms with Gasteiger partial charge in [0.1, 0.15) is 17.3 Å². The van der Waals surface area contributed by atoms with Crippen molar-refractivity contribution < 1.29 is 22.1 Å². The number of aromatic nitrogens is 1. The third-order valence-electron chi connectivity index (χ3n) is 3.10. The van der Waals surface area contributed by atoms with E-state index in [0.29, 0.717) is 16.8 Å². The summed E-state index contributed by atoms with van der Waals surface area (Å²) in [5.74, 6) is -1.78. The Balaban J connectivity index is 1.89. The Hall–Kier alpha value is -2.22. The number of amides is 1. The maximum absolute atomic E-state index is 13.1. The Bertz CT molecular complexity index is 815. The van der Waals surface area contributed by atoms with Gasteiger partial charge in [-0.1, -0.05) is 17.3 Å². The number of halogens is 1. The van der Waals surface area contributed by atoms with E-state index in [1.54, 1.807) is 19.9 Å². The van der Waals surface area contributed by atoms with Gasteiger partial charge < -0.3 is 9.84 Å². The lowest BCUT2D eigenvalue weighted by molar-refractivity contribution is -0.118. The molecule has 0 aliphatic rings. The highest BCUT2D eigenvalue weighted by atomic mass is 32.2. The zero-order valence-electron chi connectivity index (χ0n) is 12.8. The van der Waals surface area contributed by atoms with Crippen molar-refractivity contribution in [3.05, 3.63) is 52.7 Å². The minimum atomic E-state index is -3.65. The number of benzene rings is 1. The van der Waals surface area contributed by atoms with Crippen LogP contribution in [0.2, 0.25) is 0 Å². The van der Waals surface area contributed by atoms with Crippen molar-refractivity contribution in [3.8, 4) is 0 Å². The number of hydrogen-bond donors (Lipinski definition) is 1. The summed E-state index contributed by atoms with van der Waals surface area (Å²) >= 11 is 0. The maximum atomic E-state index is 13.1. The molecule has 1 aromatic heterocycles. The van der Waals surface area contributed by atoms with Crippen LogP contribution in [0.1, 0.15) is 22.6 Å². The molecular formula is C15H17FN2O4S. The molecule has 0 saturated carbocycles. The molecule has 0 atom stereocenters. The van der Waals surface area contributed by atoms with E-state index in [-0.39, 0.29) is 23.9 Å². The van der Waals surface area contributed by atoms with E-state index in [1.165, 1.54) is 18.2 Å². The van der Waals surface area contributed by atoms with Gasteiger partial charge in [0.25, 0.3) is 0 Å². The second kappa shape index (κ2) is 6.91. The minimum absolute atomic E-state index is 0.136. The lowest BCUT2D eigenvalue weighted by atomic mass is 10.1. The fourth-order valence-electron chi connectivity index (χ4n) is 2.02. The van der Waals surface area contributed by atoms with Crippen LogP contribution < -0.4 is 5.32 Å². The highest BCUT2D eigenvalue weighted by Crippen LogP contribution is 2.10. The van der Waals surface area contributed by atoms with Crippen molar-refractivity contribution in [2.45, 2.75) is 26.1 Å². The van der Waals surface area contributed by atoms with Crippen LogP contribution in [0.15, 0.2) is 28.8 Å². The molecule has 6 nitrogen and oxygen atoms in total. The van der Waals surface area contributed by atoms with Crippen molar-refractivity contribution in [2.24, 2.45) is 0 Å².